The Labute approximate surface area is 91.3 Å². The molecule has 82 valence electrons. The molecule has 0 aliphatic carbocycles. The number of hydrogen-bond acceptors (Lipinski definition) is 3. The lowest BCUT2D eigenvalue weighted by atomic mass is 9.89. The van der Waals surface area contributed by atoms with E-state index >= 15 is 0 Å². The summed E-state index contributed by atoms with van der Waals surface area (Å²) >= 11 is 0. The molecule has 1 aliphatic heterocycles. The predicted molar refractivity (Wildman–Crippen MR) is 63.0 cm³/mol. The summed E-state index contributed by atoms with van der Waals surface area (Å²) in [4.78, 5) is 4.01. The second-order valence-corrected chi connectivity index (χ2v) is 4.88. The molecule has 1 aliphatic rings. The van der Waals surface area contributed by atoms with Crippen molar-refractivity contribution in [3.8, 4) is 0 Å². The summed E-state index contributed by atoms with van der Waals surface area (Å²) in [5, 5.41) is 7.08. The van der Waals surface area contributed by atoms with Gasteiger partial charge in [0.05, 0.1) is 0 Å². The molecule has 1 aromatic rings. The van der Waals surface area contributed by atoms with Crippen LogP contribution >= 0.6 is 0 Å². The highest BCUT2D eigenvalue weighted by Crippen LogP contribution is 2.21. The van der Waals surface area contributed by atoms with Crippen LogP contribution < -0.4 is 10.6 Å². The minimum atomic E-state index is 0.253. The van der Waals surface area contributed by atoms with Crippen LogP contribution in [0.25, 0.3) is 0 Å². The molecule has 2 N–H and O–H groups in total. The number of aromatic nitrogens is 1. The summed E-state index contributed by atoms with van der Waals surface area (Å²) in [5.41, 5.74) is 1.43. The van der Waals surface area contributed by atoms with Crippen molar-refractivity contribution in [3.05, 3.63) is 24.5 Å². The number of nitrogens with zero attached hydrogens (tertiary/aromatic N) is 1. The number of pyridine rings is 1. The smallest absolute Gasteiger partial charge is 0.0373 e. The van der Waals surface area contributed by atoms with E-state index in [4.69, 9.17) is 0 Å². The second-order valence-electron chi connectivity index (χ2n) is 4.88. The van der Waals surface area contributed by atoms with Gasteiger partial charge in [-0.2, -0.15) is 0 Å². The van der Waals surface area contributed by atoms with Crippen molar-refractivity contribution < 1.29 is 0 Å². The van der Waals surface area contributed by atoms with E-state index in [1.165, 1.54) is 12.1 Å². The lowest BCUT2D eigenvalue weighted by Gasteiger charge is -2.37. The molecule has 15 heavy (non-hydrogen) atoms. The monoisotopic (exact) mass is 205 g/mol. The highest BCUT2D eigenvalue weighted by atomic mass is 15.0. The normalized spacial score (nSPS) is 24.8. The van der Waals surface area contributed by atoms with Crippen LogP contribution in [0.2, 0.25) is 0 Å². The summed E-state index contributed by atoms with van der Waals surface area (Å²) in [6.45, 7) is 5.61. The molecular weight excluding hydrogens is 186 g/mol. The van der Waals surface area contributed by atoms with Gasteiger partial charge >= 0.3 is 0 Å². The van der Waals surface area contributed by atoms with Crippen LogP contribution in [0.3, 0.4) is 0 Å². The Morgan fingerprint density at radius 1 is 1.40 bits per heavy atom. The number of rotatable bonds is 2. The van der Waals surface area contributed by atoms with Crippen LogP contribution in [0.5, 0.6) is 0 Å². The summed E-state index contributed by atoms with van der Waals surface area (Å²) in [5.74, 6) is 0. The number of anilines is 1. The maximum absolute atomic E-state index is 4.01. The average molecular weight is 205 g/mol. The quantitative estimate of drug-likeness (QED) is 0.775. The van der Waals surface area contributed by atoms with E-state index in [0.29, 0.717) is 6.04 Å². The van der Waals surface area contributed by atoms with Gasteiger partial charge in [0.25, 0.3) is 0 Å². The Morgan fingerprint density at radius 2 is 2.13 bits per heavy atom. The van der Waals surface area contributed by atoms with Crippen LogP contribution in [0.15, 0.2) is 24.5 Å². The first-order valence-electron chi connectivity index (χ1n) is 5.57. The van der Waals surface area contributed by atoms with E-state index in [0.717, 1.165) is 13.0 Å². The summed E-state index contributed by atoms with van der Waals surface area (Å²) in [6, 6.07) is 4.62. The van der Waals surface area contributed by atoms with Gasteiger partial charge in [-0.25, -0.2) is 0 Å². The van der Waals surface area contributed by atoms with E-state index in [-0.39, 0.29) is 5.54 Å². The molecule has 0 radical (unpaired) electrons. The van der Waals surface area contributed by atoms with Crippen molar-refractivity contribution >= 4 is 5.69 Å². The third kappa shape index (κ3) is 2.93. The first kappa shape index (κ1) is 10.4. The van der Waals surface area contributed by atoms with Gasteiger partial charge in [0, 0.05) is 29.7 Å². The Kier molecular flexibility index (Phi) is 2.91. The SMILES string of the molecule is CC1(C)CC(Nc2ccncc2)CCN1. The highest BCUT2D eigenvalue weighted by Gasteiger charge is 2.26. The fourth-order valence-electron chi connectivity index (χ4n) is 2.18. The first-order valence-corrected chi connectivity index (χ1v) is 5.57. The van der Waals surface area contributed by atoms with Gasteiger partial charge in [-0.15, -0.1) is 0 Å². The van der Waals surface area contributed by atoms with E-state index < -0.39 is 0 Å². The molecule has 1 fully saturated rings. The first-order chi connectivity index (χ1) is 7.16. The molecule has 0 amide bonds. The van der Waals surface area contributed by atoms with Crippen molar-refractivity contribution in [2.75, 3.05) is 11.9 Å². The van der Waals surface area contributed by atoms with Crippen molar-refractivity contribution in [1.82, 2.24) is 10.3 Å². The molecule has 1 unspecified atom stereocenters. The lowest BCUT2D eigenvalue weighted by molar-refractivity contribution is 0.286. The molecule has 0 aromatic carbocycles. The van der Waals surface area contributed by atoms with Crippen molar-refractivity contribution in [2.24, 2.45) is 0 Å². The number of hydrogen-bond donors (Lipinski definition) is 2. The fraction of sp³-hybridized carbons (Fsp3) is 0.583. The molecule has 0 spiro atoms. The molecule has 1 saturated heterocycles. The Bertz CT molecular complexity index is 308. The zero-order valence-corrected chi connectivity index (χ0v) is 9.46. The van der Waals surface area contributed by atoms with Crippen LogP contribution in [-0.2, 0) is 0 Å². The summed E-state index contributed by atoms with van der Waals surface area (Å²) in [6.07, 6.45) is 6.00. The van der Waals surface area contributed by atoms with Crippen molar-refractivity contribution in [1.29, 1.82) is 0 Å². The Hall–Kier alpha value is -1.09. The Balaban J connectivity index is 1.95. The van der Waals surface area contributed by atoms with Crippen molar-refractivity contribution in [2.45, 2.75) is 38.3 Å². The zero-order chi connectivity index (χ0) is 10.7. The van der Waals surface area contributed by atoms with Gasteiger partial charge in [-0.3, -0.25) is 4.98 Å². The minimum Gasteiger partial charge on any atom is -0.382 e. The third-order valence-electron chi connectivity index (χ3n) is 2.90. The molecule has 0 bridgehead atoms. The maximum Gasteiger partial charge on any atom is 0.0373 e. The van der Waals surface area contributed by atoms with E-state index in [9.17, 15) is 0 Å². The maximum atomic E-state index is 4.01. The van der Waals surface area contributed by atoms with Gasteiger partial charge in [0.1, 0.15) is 0 Å². The Morgan fingerprint density at radius 3 is 2.80 bits per heavy atom. The third-order valence-corrected chi connectivity index (χ3v) is 2.90. The average Bonchev–Trinajstić information content (AvgIpc) is 2.17. The minimum absolute atomic E-state index is 0.253. The van der Waals surface area contributed by atoms with Crippen molar-refractivity contribution in [3.63, 3.8) is 0 Å². The van der Waals surface area contributed by atoms with E-state index in [2.05, 4.69) is 29.5 Å². The summed E-state index contributed by atoms with van der Waals surface area (Å²) in [7, 11) is 0. The van der Waals surface area contributed by atoms with Gasteiger partial charge < -0.3 is 10.6 Å². The molecule has 3 nitrogen and oxygen atoms in total. The summed E-state index contributed by atoms with van der Waals surface area (Å²) < 4.78 is 0. The molecule has 1 atom stereocenters. The van der Waals surface area contributed by atoms with Crippen LogP contribution in [0.4, 0.5) is 5.69 Å². The lowest BCUT2D eigenvalue weighted by Crippen LogP contribution is -2.49. The largest absolute Gasteiger partial charge is 0.382 e. The molecule has 2 rings (SSSR count). The van der Waals surface area contributed by atoms with Crippen LogP contribution in [0, 0.1) is 0 Å². The number of nitrogens with one attached hydrogen (secondary N) is 2. The van der Waals surface area contributed by atoms with E-state index in [1.807, 2.05) is 24.5 Å². The topological polar surface area (TPSA) is 37.0 Å². The standard InChI is InChI=1S/C12H19N3/c1-12(2)9-11(5-8-14-12)15-10-3-6-13-7-4-10/h3-4,6-7,11,14H,5,8-9H2,1-2H3,(H,13,15). The fourth-order valence-corrected chi connectivity index (χ4v) is 2.18. The molecule has 1 aromatic heterocycles. The van der Waals surface area contributed by atoms with Crippen LogP contribution in [-0.4, -0.2) is 23.1 Å². The second kappa shape index (κ2) is 4.19. The van der Waals surface area contributed by atoms with Gasteiger partial charge in [-0.1, -0.05) is 0 Å². The molecule has 2 heterocycles. The van der Waals surface area contributed by atoms with E-state index in [1.54, 1.807) is 0 Å². The molecule has 3 heteroatoms. The van der Waals surface area contributed by atoms with Crippen LogP contribution in [0.1, 0.15) is 26.7 Å². The highest BCUT2D eigenvalue weighted by molar-refractivity contribution is 5.42. The number of piperidine rings is 1. The predicted octanol–water partition coefficient (Wildman–Crippen LogP) is 2.02. The molecular formula is C12H19N3. The van der Waals surface area contributed by atoms with Gasteiger partial charge in [0.2, 0.25) is 0 Å². The van der Waals surface area contributed by atoms with Gasteiger partial charge in [-0.05, 0) is 45.4 Å². The molecule has 0 saturated carbocycles. The zero-order valence-electron chi connectivity index (χ0n) is 9.46. The van der Waals surface area contributed by atoms with Gasteiger partial charge in [0.15, 0.2) is 0 Å².